The van der Waals surface area contributed by atoms with Crippen molar-refractivity contribution >= 4 is 12.0 Å². The fraction of sp³-hybridized carbons (Fsp3) is 0.714. The smallest absolute Gasteiger partial charge is 0.405 e. The lowest BCUT2D eigenvalue weighted by atomic mass is 10.3. The predicted octanol–water partition coefficient (Wildman–Crippen LogP) is 0.168. The molecule has 16 heavy (non-hydrogen) atoms. The molecule has 0 saturated carbocycles. The molecule has 0 heterocycles. The van der Waals surface area contributed by atoms with Crippen LogP contribution in [-0.4, -0.2) is 47.9 Å². The number of hydrogen-bond acceptors (Lipinski definition) is 3. The molecule has 0 rings (SSSR count). The normalized spacial score (nSPS) is 13.1. The molecule has 0 spiro atoms. The molecule has 0 aliphatic heterocycles. The van der Waals surface area contributed by atoms with Crippen LogP contribution >= 0.6 is 0 Å². The second kappa shape index (κ2) is 5.54. The minimum Gasteiger partial charge on any atom is -0.465 e. The lowest BCUT2D eigenvalue weighted by Crippen LogP contribution is -2.51. The van der Waals surface area contributed by atoms with Crippen LogP contribution in [0.25, 0.3) is 0 Å². The standard InChI is InChI=1S/C7H12F3N3O3/c1-4(12-6(15)16)5(14)13(2)11-3-7(8,9)10/h4,11-12H,3H2,1-2H3,(H,15,16). The van der Waals surface area contributed by atoms with Crippen molar-refractivity contribution in [3.8, 4) is 0 Å². The lowest BCUT2D eigenvalue weighted by Gasteiger charge is -2.22. The summed E-state index contributed by atoms with van der Waals surface area (Å²) in [6.07, 6.45) is -5.87. The van der Waals surface area contributed by atoms with E-state index in [1.807, 2.05) is 5.32 Å². The van der Waals surface area contributed by atoms with Crippen LogP contribution in [0.4, 0.5) is 18.0 Å². The van der Waals surface area contributed by atoms with Gasteiger partial charge in [-0.2, -0.15) is 13.2 Å². The number of amides is 2. The molecular weight excluding hydrogens is 231 g/mol. The van der Waals surface area contributed by atoms with Gasteiger partial charge < -0.3 is 10.4 Å². The van der Waals surface area contributed by atoms with Crippen molar-refractivity contribution in [2.45, 2.75) is 19.1 Å². The maximum absolute atomic E-state index is 11.8. The van der Waals surface area contributed by atoms with Crippen molar-refractivity contribution in [1.29, 1.82) is 0 Å². The van der Waals surface area contributed by atoms with Crippen molar-refractivity contribution in [2.75, 3.05) is 13.6 Å². The van der Waals surface area contributed by atoms with Crippen LogP contribution in [0.3, 0.4) is 0 Å². The van der Waals surface area contributed by atoms with Crippen molar-refractivity contribution in [2.24, 2.45) is 0 Å². The molecule has 94 valence electrons. The Hall–Kier alpha value is -1.51. The van der Waals surface area contributed by atoms with Gasteiger partial charge in [-0.3, -0.25) is 9.80 Å². The van der Waals surface area contributed by atoms with Gasteiger partial charge in [0.05, 0.1) is 0 Å². The Labute approximate surface area is 89.4 Å². The van der Waals surface area contributed by atoms with E-state index >= 15 is 0 Å². The first-order valence-corrected chi connectivity index (χ1v) is 4.21. The SMILES string of the molecule is CC(NC(=O)O)C(=O)N(C)NCC(F)(F)F. The molecular formula is C7H12F3N3O3. The third-order valence-electron chi connectivity index (χ3n) is 1.56. The van der Waals surface area contributed by atoms with Gasteiger partial charge in [0.25, 0.3) is 5.91 Å². The Balaban J connectivity index is 4.13. The molecule has 0 radical (unpaired) electrons. The van der Waals surface area contributed by atoms with Gasteiger partial charge >= 0.3 is 12.3 Å². The van der Waals surface area contributed by atoms with E-state index in [0.29, 0.717) is 5.01 Å². The summed E-state index contributed by atoms with van der Waals surface area (Å²) in [6.45, 7) is -0.142. The van der Waals surface area contributed by atoms with Gasteiger partial charge in [-0.15, -0.1) is 0 Å². The van der Waals surface area contributed by atoms with E-state index in [-0.39, 0.29) is 0 Å². The van der Waals surface area contributed by atoms with Crippen molar-refractivity contribution < 1.29 is 27.9 Å². The number of nitrogens with zero attached hydrogens (tertiary/aromatic N) is 1. The van der Waals surface area contributed by atoms with Crippen LogP contribution in [0, 0.1) is 0 Å². The summed E-state index contributed by atoms with van der Waals surface area (Å²) in [6, 6.07) is -1.12. The first-order valence-electron chi connectivity index (χ1n) is 4.21. The Morgan fingerprint density at radius 2 is 1.94 bits per heavy atom. The first kappa shape index (κ1) is 14.5. The van der Waals surface area contributed by atoms with Gasteiger partial charge in [-0.05, 0) is 6.92 Å². The molecule has 0 aromatic heterocycles. The molecule has 0 aliphatic carbocycles. The molecule has 0 fully saturated rings. The highest BCUT2D eigenvalue weighted by Gasteiger charge is 2.29. The van der Waals surface area contributed by atoms with Gasteiger partial charge in [0.15, 0.2) is 0 Å². The van der Waals surface area contributed by atoms with Crippen LogP contribution < -0.4 is 10.7 Å². The second-order valence-corrected chi connectivity index (χ2v) is 3.02. The van der Waals surface area contributed by atoms with Gasteiger partial charge in [0.1, 0.15) is 12.6 Å². The van der Waals surface area contributed by atoms with Gasteiger partial charge in [0, 0.05) is 7.05 Å². The van der Waals surface area contributed by atoms with E-state index in [0.717, 1.165) is 7.05 Å². The molecule has 0 aromatic carbocycles. The van der Waals surface area contributed by atoms with Crippen LogP contribution in [0.2, 0.25) is 0 Å². The monoisotopic (exact) mass is 243 g/mol. The van der Waals surface area contributed by atoms with Crippen LogP contribution in [0.1, 0.15) is 6.92 Å². The summed E-state index contributed by atoms with van der Waals surface area (Å²) in [5, 5.41) is 10.7. The predicted molar refractivity (Wildman–Crippen MR) is 47.5 cm³/mol. The lowest BCUT2D eigenvalue weighted by molar-refractivity contribution is -0.146. The molecule has 3 N–H and O–H groups in total. The average molecular weight is 243 g/mol. The highest BCUT2D eigenvalue weighted by molar-refractivity contribution is 5.84. The Morgan fingerprint density at radius 1 is 1.44 bits per heavy atom. The minimum atomic E-state index is -4.45. The minimum absolute atomic E-state index is 0.591. The largest absolute Gasteiger partial charge is 0.465 e. The number of halogens is 3. The van der Waals surface area contributed by atoms with E-state index in [2.05, 4.69) is 0 Å². The Kier molecular flexibility index (Phi) is 5.02. The highest BCUT2D eigenvalue weighted by atomic mass is 19.4. The summed E-state index contributed by atoms with van der Waals surface area (Å²) < 4.78 is 35.3. The van der Waals surface area contributed by atoms with E-state index < -0.39 is 30.8 Å². The second-order valence-electron chi connectivity index (χ2n) is 3.02. The zero-order valence-corrected chi connectivity index (χ0v) is 8.63. The van der Waals surface area contributed by atoms with E-state index in [1.54, 1.807) is 5.43 Å². The fourth-order valence-corrected chi connectivity index (χ4v) is 0.824. The molecule has 0 aliphatic rings. The number of carboxylic acid groups (broad SMARTS) is 1. The maximum atomic E-state index is 11.8. The van der Waals surface area contributed by atoms with Gasteiger partial charge in [-0.25, -0.2) is 10.2 Å². The first-order chi connectivity index (χ1) is 7.13. The number of likely N-dealkylation sites (N-methyl/N-ethyl adjacent to an activating group) is 1. The fourth-order valence-electron chi connectivity index (χ4n) is 0.824. The number of rotatable bonds is 4. The van der Waals surface area contributed by atoms with Crippen LogP contribution in [-0.2, 0) is 4.79 Å². The van der Waals surface area contributed by atoms with Gasteiger partial charge in [-0.1, -0.05) is 0 Å². The number of hydrazine groups is 1. The third kappa shape index (κ3) is 6.06. The van der Waals surface area contributed by atoms with E-state index in [4.69, 9.17) is 5.11 Å². The summed E-state index contributed by atoms with van der Waals surface area (Å²) >= 11 is 0. The summed E-state index contributed by atoms with van der Waals surface area (Å²) in [4.78, 5) is 21.4. The molecule has 9 heteroatoms. The molecule has 0 saturated heterocycles. The van der Waals surface area contributed by atoms with Crippen molar-refractivity contribution in [3.05, 3.63) is 0 Å². The summed E-state index contributed by atoms with van der Waals surface area (Å²) in [5.41, 5.74) is 1.80. The zero-order chi connectivity index (χ0) is 12.9. The number of alkyl halides is 3. The molecule has 0 bridgehead atoms. The van der Waals surface area contributed by atoms with E-state index in [1.165, 1.54) is 6.92 Å². The third-order valence-corrected chi connectivity index (χ3v) is 1.56. The zero-order valence-electron chi connectivity index (χ0n) is 8.63. The van der Waals surface area contributed by atoms with Crippen LogP contribution in [0.5, 0.6) is 0 Å². The Morgan fingerprint density at radius 3 is 2.31 bits per heavy atom. The summed E-state index contributed by atoms with van der Waals surface area (Å²) in [5.74, 6) is -0.813. The van der Waals surface area contributed by atoms with Gasteiger partial charge in [0.2, 0.25) is 0 Å². The highest BCUT2D eigenvalue weighted by Crippen LogP contribution is 2.12. The molecule has 1 atom stereocenters. The quantitative estimate of drug-likeness (QED) is 0.615. The summed E-state index contributed by atoms with van der Waals surface area (Å²) in [7, 11) is 1.08. The molecule has 2 amide bonds. The number of carbonyl (C=O) groups is 2. The number of carbonyl (C=O) groups excluding carboxylic acids is 1. The van der Waals surface area contributed by atoms with Crippen molar-refractivity contribution in [3.63, 3.8) is 0 Å². The van der Waals surface area contributed by atoms with E-state index in [9.17, 15) is 22.8 Å². The molecule has 1 unspecified atom stereocenters. The topological polar surface area (TPSA) is 81.7 Å². The number of hydrogen-bond donors (Lipinski definition) is 3. The molecule has 6 nitrogen and oxygen atoms in total. The maximum Gasteiger partial charge on any atom is 0.405 e. The molecule has 0 aromatic rings. The number of nitrogens with one attached hydrogen (secondary N) is 2. The van der Waals surface area contributed by atoms with Crippen molar-refractivity contribution in [1.82, 2.24) is 15.8 Å². The van der Waals surface area contributed by atoms with Crippen LogP contribution in [0.15, 0.2) is 0 Å². The average Bonchev–Trinajstić information content (AvgIpc) is 2.10. The Bertz CT molecular complexity index is 269.